The normalized spacial score (nSPS) is 18.4. The Hall–Kier alpha value is -2.04. The summed E-state index contributed by atoms with van der Waals surface area (Å²) in [6.45, 7) is 1.29. The summed E-state index contributed by atoms with van der Waals surface area (Å²) in [6.07, 6.45) is 0.674. The number of hydrogen-bond acceptors (Lipinski definition) is 3. The number of carboxylic acids is 1. The van der Waals surface area contributed by atoms with Crippen molar-refractivity contribution in [1.29, 1.82) is 0 Å². The molecule has 1 amide bonds. The van der Waals surface area contributed by atoms with Crippen molar-refractivity contribution in [2.24, 2.45) is 5.92 Å². The Morgan fingerprint density at radius 3 is 2.37 bits per heavy atom. The fourth-order valence-electron chi connectivity index (χ4n) is 2.27. The zero-order valence-corrected chi connectivity index (χ0v) is 11.2. The Kier molecular flexibility index (Phi) is 3.74. The quantitative estimate of drug-likeness (QED) is 0.892. The molecule has 1 aromatic rings. The monoisotopic (exact) mass is 262 g/mol. The molecular weight excluding hydrogens is 244 g/mol. The van der Waals surface area contributed by atoms with Crippen molar-refractivity contribution in [2.45, 2.75) is 6.42 Å². The van der Waals surface area contributed by atoms with Crippen molar-refractivity contribution in [3.8, 4) is 0 Å². The fourth-order valence-corrected chi connectivity index (χ4v) is 2.27. The van der Waals surface area contributed by atoms with Gasteiger partial charge in [0, 0.05) is 38.4 Å². The molecule has 1 saturated heterocycles. The van der Waals surface area contributed by atoms with Crippen molar-refractivity contribution in [3.05, 3.63) is 29.8 Å². The third-order valence-electron chi connectivity index (χ3n) is 3.42. The standard InChI is InChI=1S/C14H18N2O3/c1-15(2)13(17)10-3-5-12(6-4-10)16-8-7-11(9-16)14(18)19/h3-6,11H,7-9H2,1-2H3,(H,18,19). The van der Waals surface area contributed by atoms with Crippen LogP contribution in [0, 0.1) is 5.92 Å². The van der Waals surface area contributed by atoms with Gasteiger partial charge in [-0.2, -0.15) is 0 Å². The molecule has 0 saturated carbocycles. The molecular formula is C14H18N2O3. The number of hydrogen-bond donors (Lipinski definition) is 1. The number of aliphatic carboxylic acids is 1. The van der Waals surface area contributed by atoms with E-state index >= 15 is 0 Å². The first-order valence-electron chi connectivity index (χ1n) is 6.28. The number of amides is 1. The summed E-state index contributed by atoms with van der Waals surface area (Å²) in [5.41, 5.74) is 1.61. The smallest absolute Gasteiger partial charge is 0.308 e. The van der Waals surface area contributed by atoms with E-state index in [1.54, 1.807) is 26.2 Å². The molecule has 1 aliphatic rings. The molecule has 102 valence electrons. The summed E-state index contributed by atoms with van der Waals surface area (Å²) in [5.74, 6) is -1.05. The molecule has 1 unspecified atom stereocenters. The van der Waals surface area contributed by atoms with Gasteiger partial charge >= 0.3 is 5.97 Å². The largest absolute Gasteiger partial charge is 0.481 e. The minimum Gasteiger partial charge on any atom is -0.481 e. The molecule has 0 aromatic heterocycles. The van der Waals surface area contributed by atoms with Crippen LogP contribution in [-0.2, 0) is 4.79 Å². The van der Waals surface area contributed by atoms with E-state index in [2.05, 4.69) is 0 Å². The van der Waals surface area contributed by atoms with Gasteiger partial charge in [0.25, 0.3) is 5.91 Å². The maximum absolute atomic E-state index is 11.8. The Bertz CT molecular complexity index is 482. The van der Waals surface area contributed by atoms with Crippen molar-refractivity contribution in [3.63, 3.8) is 0 Å². The molecule has 1 N–H and O–H groups in total. The topological polar surface area (TPSA) is 60.9 Å². The highest BCUT2D eigenvalue weighted by atomic mass is 16.4. The van der Waals surface area contributed by atoms with Crippen LogP contribution in [0.5, 0.6) is 0 Å². The summed E-state index contributed by atoms with van der Waals surface area (Å²) in [4.78, 5) is 26.3. The van der Waals surface area contributed by atoms with E-state index in [4.69, 9.17) is 5.11 Å². The van der Waals surface area contributed by atoms with Gasteiger partial charge in [0.15, 0.2) is 0 Å². The Morgan fingerprint density at radius 1 is 1.26 bits per heavy atom. The van der Waals surface area contributed by atoms with Crippen LogP contribution >= 0.6 is 0 Å². The Balaban J connectivity index is 2.07. The van der Waals surface area contributed by atoms with Crippen LogP contribution in [0.2, 0.25) is 0 Å². The van der Waals surface area contributed by atoms with Crippen molar-refractivity contribution >= 4 is 17.6 Å². The van der Waals surface area contributed by atoms with E-state index in [1.165, 1.54) is 4.90 Å². The lowest BCUT2D eigenvalue weighted by atomic mass is 10.1. The van der Waals surface area contributed by atoms with Gasteiger partial charge < -0.3 is 14.9 Å². The van der Waals surface area contributed by atoms with Gasteiger partial charge in [0.1, 0.15) is 0 Å². The summed E-state index contributed by atoms with van der Waals surface area (Å²) < 4.78 is 0. The molecule has 1 aromatic carbocycles. The van der Waals surface area contributed by atoms with Gasteiger partial charge in [-0.25, -0.2) is 0 Å². The first-order chi connectivity index (χ1) is 8.99. The van der Waals surface area contributed by atoms with Gasteiger partial charge in [-0.05, 0) is 30.7 Å². The lowest BCUT2D eigenvalue weighted by Crippen LogP contribution is -2.23. The van der Waals surface area contributed by atoms with Crippen LogP contribution in [0.1, 0.15) is 16.8 Å². The molecule has 1 heterocycles. The van der Waals surface area contributed by atoms with E-state index in [9.17, 15) is 9.59 Å². The van der Waals surface area contributed by atoms with E-state index in [1.807, 2.05) is 17.0 Å². The zero-order chi connectivity index (χ0) is 14.0. The first-order valence-corrected chi connectivity index (χ1v) is 6.28. The second kappa shape index (κ2) is 5.30. The average molecular weight is 262 g/mol. The molecule has 5 heteroatoms. The SMILES string of the molecule is CN(C)C(=O)c1ccc(N2CCC(C(=O)O)C2)cc1. The highest BCUT2D eigenvalue weighted by Crippen LogP contribution is 2.24. The number of carbonyl (C=O) groups excluding carboxylic acids is 1. The van der Waals surface area contributed by atoms with Crippen LogP contribution in [0.3, 0.4) is 0 Å². The summed E-state index contributed by atoms with van der Waals surface area (Å²) >= 11 is 0. The van der Waals surface area contributed by atoms with E-state index in [0.717, 1.165) is 12.2 Å². The van der Waals surface area contributed by atoms with Crippen molar-refractivity contribution < 1.29 is 14.7 Å². The molecule has 0 bridgehead atoms. The van der Waals surface area contributed by atoms with E-state index in [0.29, 0.717) is 18.5 Å². The molecule has 0 radical (unpaired) electrons. The highest BCUT2D eigenvalue weighted by Gasteiger charge is 2.28. The maximum Gasteiger partial charge on any atom is 0.308 e. The minimum atomic E-state index is -0.734. The third kappa shape index (κ3) is 2.86. The first kappa shape index (κ1) is 13.4. The molecule has 1 aliphatic heterocycles. The number of benzene rings is 1. The van der Waals surface area contributed by atoms with Crippen LogP contribution in [0.25, 0.3) is 0 Å². The number of carbonyl (C=O) groups is 2. The van der Waals surface area contributed by atoms with Gasteiger partial charge in [-0.3, -0.25) is 9.59 Å². The van der Waals surface area contributed by atoms with Crippen LogP contribution in [0.4, 0.5) is 5.69 Å². The summed E-state index contributed by atoms with van der Waals surface area (Å²) in [5, 5.41) is 8.98. The molecule has 0 aliphatic carbocycles. The molecule has 1 atom stereocenters. The van der Waals surface area contributed by atoms with E-state index < -0.39 is 5.97 Å². The summed E-state index contributed by atoms with van der Waals surface area (Å²) in [6, 6.07) is 7.32. The molecule has 1 fully saturated rings. The van der Waals surface area contributed by atoms with Crippen molar-refractivity contribution in [2.75, 3.05) is 32.1 Å². The molecule has 2 rings (SSSR count). The zero-order valence-electron chi connectivity index (χ0n) is 11.2. The number of nitrogens with zero attached hydrogens (tertiary/aromatic N) is 2. The van der Waals surface area contributed by atoms with Crippen LogP contribution < -0.4 is 4.90 Å². The third-order valence-corrected chi connectivity index (χ3v) is 3.42. The predicted octanol–water partition coefficient (Wildman–Crippen LogP) is 1.30. The lowest BCUT2D eigenvalue weighted by Gasteiger charge is -2.18. The second-order valence-electron chi connectivity index (χ2n) is 5.02. The highest BCUT2D eigenvalue weighted by molar-refractivity contribution is 5.94. The van der Waals surface area contributed by atoms with E-state index in [-0.39, 0.29) is 11.8 Å². The number of anilines is 1. The second-order valence-corrected chi connectivity index (χ2v) is 5.02. The maximum atomic E-state index is 11.8. The minimum absolute atomic E-state index is 0.0311. The average Bonchev–Trinajstić information content (AvgIpc) is 2.87. The summed E-state index contributed by atoms with van der Waals surface area (Å²) in [7, 11) is 3.43. The lowest BCUT2D eigenvalue weighted by molar-refractivity contribution is -0.140. The predicted molar refractivity (Wildman–Crippen MR) is 72.4 cm³/mol. The van der Waals surface area contributed by atoms with Crippen molar-refractivity contribution in [1.82, 2.24) is 4.90 Å². The van der Waals surface area contributed by atoms with Gasteiger partial charge in [-0.15, -0.1) is 0 Å². The fraction of sp³-hybridized carbons (Fsp3) is 0.429. The number of rotatable bonds is 3. The van der Waals surface area contributed by atoms with Crippen LogP contribution in [0.15, 0.2) is 24.3 Å². The molecule has 19 heavy (non-hydrogen) atoms. The number of carboxylic acid groups (broad SMARTS) is 1. The van der Waals surface area contributed by atoms with Gasteiger partial charge in [0.05, 0.1) is 5.92 Å². The van der Waals surface area contributed by atoms with Crippen LogP contribution in [-0.4, -0.2) is 49.1 Å². The molecule has 5 nitrogen and oxygen atoms in total. The Morgan fingerprint density at radius 2 is 1.89 bits per heavy atom. The Labute approximate surface area is 112 Å². The molecule has 0 spiro atoms. The van der Waals surface area contributed by atoms with Gasteiger partial charge in [0.2, 0.25) is 0 Å². The van der Waals surface area contributed by atoms with Gasteiger partial charge in [-0.1, -0.05) is 0 Å².